The van der Waals surface area contributed by atoms with Gasteiger partial charge in [-0.2, -0.15) is 0 Å². The number of piperazine rings is 1. The molecule has 8 nitrogen and oxygen atoms in total. The van der Waals surface area contributed by atoms with Crippen LogP contribution < -0.4 is 15.5 Å². The zero-order valence-electron chi connectivity index (χ0n) is 20.0. The normalized spacial score (nSPS) is 14.4. The van der Waals surface area contributed by atoms with Gasteiger partial charge in [0.05, 0.1) is 0 Å². The zero-order chi connectivity index (χ0) is 22.9. The van der Waals surface area contributed by atoms with E-state index >= 15 is 0 Å². The smallest absolute Gasteiger partial charge is 0.253 e. The van der Waals surface area contributed by atoms with E-state index in [1.54, 1.807) is 26.0 Å². The number of benzene rings is 1. The minimum atomic E-state index is 0. The maximum Gasteiger partial charge on any atom is 0.253 e. The van der Waals surface area contributed by atoms with E-state index in [1.165, 1.54) is 5.56 Å². The molecule has 1 aromatic carbocycles. The van der Waals surface area contributed by atoms with Crippen LogP contribution in [-0.4, -0.2) is 80.5 Å². The minimum Gasteiger partial charge on any atom is -0.354 e. The predicted molar refractivity (Wildman–Crippen MR) is 145 cm³/mol. The molecule has 0 bridgehead atoms. The van der Waals surface area contributed by atoms with Gasteiger partial charge in [-0.05, 0) is 41.9 Å². The number of aromatic nitrogens is 1. The van der Waals surface area contributed by atoms with Gasteiger partial charge in [-0.25, -0.2) is 4.98 Å². The molecule has 1 aliphatic rings. The number of anilines is 1. The molecule has 1 amide bonds. The van der Waals surface area contributed by atoms with Gasteiger partial charge in [0, 0.05) is 72.2 Å². The molecule has 9 heteroatoms. The number of guanidine groups is 1. The molecule has 2 aromatic rings. The van der Waals surface area contributed by atoms with Gasteiger partial charge in [0.1, 0.15) is 5.82 Å². The Labute approximate surface area is 214 Å². The molecular formula is C24H36IN7O. The standard InChI is InChI=1S/C24H35N7O.HI/c1-5-30-12-14-31(15-13-30)22-16-20(10-11-26-22)18-28-24(25-2)27-17-19-6-8-21(9-7-19)23(32)29(3)4;/h6-11,16H,5,12-15,17-18H2,1-4H3,(H2,25,27,28);1H. The lowest BCUT2D eigenvalue weighted by Gasteiger charge is -2.34. The van der Waals surface area contributed by atoms with Crippen LogP contribution >= 0.6 is 24.0 Å². The largest absolute Gasteiger partial charge is 0.354 e. The topological polar surface area (TPSA) is 76.1 Å². The molecule has 3 rings (SSSR count). The SMILES string of the molecule is CCN1CCN(c2cc(CNC(=NC)NCc3ccc(C(=O)N(C)C)cc3)ccn2)CC1.I. The highest BCUT2D eigenvalue weighted by atomic mass is 127. The van der Waals surface area contributed by atoms with Crippen molar-refractivity contribution in [1.29, 1.82) is 0 Å². The lowest BCUT2D eigenvalue weighted by atomic mass is 10.1. The number of rotatable bonds is 7. The summed E-state index contributed by atoms with van der Waals surface area (Å²) in [4.78, 5) is 27.3. The van der Waals surface area contributed by atoms with Crippen LogP contribution in [0.25, 0.3) is 0 Å². The highest BCUT2D eigenvalue weighted by Gasteiger charge is 2.16. The second kappa shape index (κ2) is 13.3. The van der Waals surface area contributed by atoms with Crippen LogP contribution in [0.2, 0.25) is 0 Å². The van der Waals surface area contributed by atoms with Crippen LogP contribution in [0.1, 0.15) is 28.4 Å². The molecule has 0 spiro atoms. The summed E-state index contributed by atoms with van der Waals surface area (Å²) < 4.78 is 0. The molecule has 0 aliphatic carbocycles. The van der Waals surface area contributed by atoms with E-state index in [4.69, 9.17) is 0 Å². The zero-order valence-corrected chi connectivity index (χ0v) is 22.4. The Hall–Kier alpha value is -2.40. The molecule has 2 N–H and O–H groups in total. The van der Waals surface area contributed by atoms with Crippen molar-refractivity contribution in [1.82, 2.24) is 25.4 Å². The number of nitrogens with zero attached hydrogens (tertiary/aromatic N) is 5. The molecule has 1 aliphatic heterocycles. The van der Waals surface area contributed by atoms with Crippen molar-refractivity contribution in [3.63, 3.8) is 0 Å². The van der Waals surface area contributed by atoms with Crippen LogP contribution in [-0.2, 0) is 13.1 Å². The van der Waals surface area contributed by atoms with E-state index in [-0.39, 0.29) is 29.9 Å². The van der Waals surface area contributed by atoms with Crippen LogP contribution in [0.5, 0.6) is 0 Å². The van der Waals surface area contributed by atoms with Gasteiger partial charge in [-0.1, -0.05) is 19.1 Å². The lowest BCUT2D eigenvalue weighted by molar-refractivity contribution is 0.0827. The molecule has 180 valence electrons. The molecular weight excluding hydrogens is 529 g/mol. The third-order valence-electron chi connectivity index (χ3n) is 5.70. The number of pyridine rings is 1. The Morgan fingerprint density at radius 2 is 1.67 bits per heavy atom. The quantitative estimate of drug-likeness (QED) is 0.305. The van der Waals surface area contributed by atoms with Crippen molar-refractivity contribution >= 4 is 41.7 Å². The van der Waals surface area contributed by atoms with Gasteiger partial charge in [-0.3, -0.25) is 9.79 Å². The molecule has 0 atom stereocenters. The lowest BCUT2D eigenvalue weighted by Crippen LogP contribution is -2.46. The Morgan fingerprint density at radius 1 is 1.03 bits per heavy atom. The fourth-order valence-corrected chi connectivity index (χ4v) is 3.65. The van der Waals surface area contributed by atoms with Crippen molar-refractivity contribution < 1.29 is 4.79 Å². The number of hydrogen-bond donors (Lipinski definition) is 2. The van der Waals surface area contributed by atoms with Crippen LogP contribution in [0.15, 0.2) is 47.6 Å². The third kappa shape index (κ3) is 7.85. The molecule has 0 unspecified atom stereocenters. The third-order valence-corrected chi connectivity index (χ3v) is 5.70. The molecule has 0 saturated carbocycles. The molecule has 0 radical (unpaired) electrons. The first-order valence-corrected chi connectivity index (χ1v) is 11.2. The number of halogens is 1. The van der Waals surface area contributed by atoms with Crippen molar-refractivity contribution in [3.8, 4) is 0 Å². The average molecular weight is 566 g/mol. The summed E-state index contributed by atoms with van der Waals surface area (Å²) >= 11 is 0. The average Bonchev–Trinajstić information content (AvgIpc) is 2.84. The second-order valence-electron chi connectivity index (χ2n) is 8.12. The molecule has 1 aromatic heterocycles. The first-order chi connectivity index (χ1) is 15.5. The first-order valence-electron chi connectivity index (χ1n) is 11.2. The van der Waals surface area contributed by atoms with Crippen molar-refractivity contribution in [2.45, 2.75) is 20.0 Å². The number of amides is 1. The summed E-state index contributed by atoms with van der Waals surface area (Å²) in [5.41, 5.74) is 2.94. The maximum atomic E-state index is 12.0. The number of nitrogens with one attached hydrogen (secondary N) is 2. The highest BCUT2D eigenvalue weighted by molar-refractivity contribution is 14.0. The highest BCUT2D eigenvalue weighted by Crippen LogP contribution is 2.15. The number of carbonyl (C=O) groups is 1. The fraction of sp³-hybridized carbons (Fsp3) is 0.458. The number of likely N-dealkylation sites (N-methyl/N-ethyl adjacent to an activating group) is 1. The minimum absolute atomic E-state index is 0. The second-order valence-corrected chi connectivity index (χ2v) is 8.12. The van der Waals surface area contributed by atoms with Crippen molar-refractivity contribution in [2.24, 2.45) is 4.99 Å². The van der Waals surface area contributed by atoms with Gasteiger partial charge in [-0.15, -0.1) is 24.0 Å². The van der Waals surface area contributed by atoms with E-state index < -0.39 is 0 Å². The van der Waals surface area contributed by atoms with Gasteiger partial charge < -0.3 is 25.3 Å². The van der Waals surface area contributed by atoms with Gasteiger partial charge >= 0.3 is 0 Å². The van der Waals surface area contributed by atoms with Crippen molar-refractivity contribution in [3.05, 3.63) is 59.3 Å². The molecule has 1 fully saturated rings. The van der Waals surface area contributed by atoms with Crippen LogP contribution in [0, 0.1) is 0 Å². The Kier molecular flexibility index (Phi) is 10.9. The summed E-state index contributed by atoms with van der Waals surface area (Å²) in [5, 5.41) is 6.70. The Balaban J connectivity index is 0.00000385. The first kappa shape index (κ1) is 26.8. The Morgan fingerprint density at radius 3 is 2.24 bits per heavy atom. The summed E-state index contributed by atoms with van der Waals surface area (Å²) in [6.45, 7) is 8.81. The van der Waals surface area contributed by atoms with E-state index in [2.05, 4.69) is 43.4 Å². The number of hydrogen-bond acceptors (Lipinski definition) is 5. The molecule has 1 saturated heterocycles. The summed E-state index contributed by atoms with van der Waals surface area (Å²) in [5.74, 6) is 1.77. The predicted octanol–water partition coefficient (Wildman–Crippen LogP) is 2.41. The fourth-order valence-electron chi connectivity index (χ4n) is 3.65. The summed E-state index contributed by atoms with van der Waals surface area (Å²) in [6, 6.07) is 11.8. The molecule has 33 heavy (non-hydrogen) atoms. The molecule has 2 heterocycles. The monoisotopic (exact) mass is 565 g/mol. The van der Waals surface area contributed by atoms with Crippen LogP contribution in [0.4, 0.5) is 5.82 Å². The van der Waals surface area contributed by atoms with Gasteiger partial charge in [0.15, 0.2) is 5.96 Å². The van der Waals surface area contributed by atoms with Gasteiger partial charge in [0.25, 0.3) is 5.91 Å². The summed E-state index contributed by atoms with van der Waals surface area (Å²) in [7, 11) is 5.27. The van der Waals surface area contributed by atoms with E-state index in [1.807, 2.05) is 36.5 Å². The van der Waals surface area contributed by atoms with E-state index in [0.717, 1.165) is 50.1 Å². The van der Waals surface area contributed by atoms with Gasteiger partial charge in [0.2, 0.25) is 0 Å². The number of aliphatic imine (C=N–C) groups is 1. The van der Waals surface area contributed by atoms with Crippen LogP contribution in [0.3, 0.4) is 0 Å². The maximum absolute atomic E-state index is 12.0. The van der Waals surface area contributed by atoms with E-state index in [9.17, 15) is 4.79 Å². The Bertz CT molecular complexity index is 909. The number of carbonyl (C=O) groups excluding carboxylic acids is 1. The van der Waals surface area contributed by atoms with E-state index in [0.29, 0.717) is 18.7 Å². The summed E-state index contributed by atoms with van der Waals surface area (Å²) in [6.07, 6.45) is 1.88. The van der Waals surface area contributed by atoms with Crippen molar-refractivity contribution in [2.75, 3.05) is 58.8 Å².